The molecule has 1 saturated heterocycles. The van der Waals surface area contributed by atoms with E-state index in [1.165, 1.54) is 0 Å². The van der Waals surface area contributed by atoms with Crippen LogP contribution in [0.1, 0.15) is 18.5 Å². The number of halogens is 1. The summed E-state index contributed by atoms with van der Waals surface area (Å²) in [4.78, 5) is 13.2. The molecule has 0 aromatic heterocycles. The summed E-state index contributed by atoms with van der Waals surface area (Å²) in [5.74, 6) is 0.0467. The van der Waals surface area contributed by atoms with Crippen molar-refractivity contribution in [3.05, 3.63) is 34.3 Å². The van der Waals surface area contributed by atoms with E-state index < -0.39 is 0 Å². The maximum absolute atomic E-state index is 11.4. The molecular weight excluding hydrogens is 256 g/mol. The Labute approximate surface area is 97.4 Å². The normalized spacial score (nSPS) is 22.5. The second-order valence-electron chi connectivity index (χ2n) is 3.82. The van der Waals surface area contributed by atoms with E-state index in [1.54, 1.807) is 4.90 Å². The number of benzene rings is 1. The minimum Gasteiger partial charge on any atom is -0.332 e. The number of nitrogens with zero attached hydrogens (tertiary/aromatic N) is 1. The molecule has 1 amide bonds. The number of rotatable bonds is 2. The van der Waals surface area contributed by atoms with Gasteiger partial charge in [0.25, 0.3) is 0 Å². The van der Waals surface area contributed by atoms with Crippen LogP contribution in [0.3, 0.4) is 0 Å². The molecule has 1 aliphatic rings. The molecule has 1 fully saturated rings. The number of carbonyl (C=O) groups is 1. The molecule has 0 aliphatic carbocycles. The molecule has 1 aliphatic heterocycles. The smallest absolute Gasteiger partial charge is 0.241 e. The molecule has 3 nitrogen and oxygen atoms in total. The Morgan fingerprint density at radius 2 is 2.07 bits per heavy atom. The van der Waals surface area contributed by atoms with E-state index in [4.69, 9.17) is 5.73 Å². The van der Waals surface area contributed by atoms with Crippen LogP contribution in [0.25, 0.3) is 0 Å². The first kappa shape index (κ1) is 10.6. The van der Waals surface area contributed by atoms with Crippen LogP contribution in [0.15, 0.2) is 28.7 Å². The zero-order valence-corrected chi connectivity index (χ0v) is 10.1. The number of hydrogen-bond acceptors (Lipinski definition) is 2. The number of likely N-dealkylation sites (tertiary alicyclic amines) is 1. The Balaban J connectivity index is 2.11. The predicted octanol–water partition coefficient (Wildman–Crippen LogP) is 1.68. The van der Waals surface area contributed by atoms with Crippen LogP contribution < -0.4 is 5.73 Å². The van der Waals surface area contributed by atoms with Crippen LogP contribution in [-0.2, 0) is 4.79 Å². The molecular formula is C11H13BrN2O. The molecule has 0 spiro atoms. The average molecular weight is 269 g/mol. The highest BCUT2D eigenvalue weighted by Crippen LogP contribution is 2.26. The molecule has 2 rings (SSSR count). The lowest BCUT2D eigenvalue weighted by atomic mass is 10.0. The standard InChI is InChI=1S/C11H13BrN2O/c1-7(14-6-10(13)11(14)15)8-2-4-9(12)5-3-8/h2-5,7,10H,6,13H2,1H3. The highest BCUT2D eigenvalue weighted by molar-refractivity contribution is 9.10. The molecule has 1 heterocycles. The van der Waals surface area contributed by atoms with Crippen molar-refractivity contribution in [3.8, 4) is 0 Å². The van der Waals surface area contributed by atoms with Crippen molar-refractivity contribution in [1.82, 2.24) is 4.90 Å². The van der Waals surface area contributed by atoms with E-state index in [0.29, 0.717) is 6.54 Å². The third kappa shape index (κ3) is 1.92. The van der Waals surface area contributed by atoms with Gasteiger partial charge in [0, 0.05) is 11.0 Å². The Morgan fingerprint density at radius 3 is 2.53 bits per heavy atom. The summed E-state index contributed by atoms with van der Waals surface area (Å²) < 4.78 is 1.05. The third-order valence-corrected chi connectivity index (χ3v) is 3.34. The van der Waals surface area contributed by atoms with Crippen LogP contribution >= 0.6 is 15.9 Å². The second kappa shape index (κ2) is 3.94. The lowest BCUT2D eigenvalue weighted by Gasteiger charge is -2.40. The molecule has 2 atom stereocenters. The summed E-state index contributed by atoms with van der Waals surface area (Å²) in [5, 5.41) is 0. The SMILES string of the molecule is CC(c1ccc(Br)cc1)N1CC(N)C1=O. The van der Waals surface area contributed by atoms with E-state index in [-0.39, 0.29) is 18.0 Å². The van der Waals surface area contributed by atoms with Gasteiger partial charge < -0.3 is 10.6 Å². The Bertz CT molecular complexity index is 377. The number of β-lactam (4-membered cyclic amide) rings is 1. The van der Waals surface area contributed by atoms with Crippen molar-refractivity contribution >= 4 is 21.8 Å². The van der Waals surface area contributed by atoms with Gasteiger partial charge in [-0.25, -0.2) is 0 Å². The first-order valence-corrected chi connectivity index (χ1v) is 5.70. The van der Waals surface area contributed by atoms with Gasteiger partial charge in [0.2, 0.25) is 5.91 Å². The summed E-state index contributed by atoms with van der Waals surface area (Å²) in [7, 11) is 0. The molecule has 1 aromatic carbocycles. The molecule has 1 aromatic rings. The highest BCUT2D eigenvalue weighted by atomic mass is 79.9. The fourth-order valence-corrected chi connectivity index (χ4v) is 2.02. The van der Waals surface area contributed by atoms with Gasteiger partial charge in [-0.05, 0) is 24.6 Å². The number of carbonyl (C=O) groups excluding carboxylic acids is 1. The number of hydrogen-bond donors (Lipinski definition) is 1. The largest absolute Gasteiger partial charge is 0.332 e. The maximum Gasteiger partial charge on any atom is 0.241 e. The van der Waals surface area contributed by atoms with E-state index in [0.717, 1.165) is 10.0 Å². The van der Waals surface area contributed by atoms with Crippen LogP contribution in [0, 0.1) is 0 Å². The van der Waals surface area contributed by atoms with Gasteiger partial charge in [-0.15, -0.1) is 0 Å². The second-order valence-corrected chi connectivity index (χ2v) is 4.74. The van der Waals surface area contributed by atoms with Gasteiger partial charge in [-0.3, -0.25) is 4.79 Å². The summed E-state index contributed by atoms with van der Waals surface area (Å²) in [6, 6.07) is 7.83. The van der Waals surface area contributed by atoms with E-state index in [2.05, 4.69) is 15.9 Å². The average Bonchev–Trinajstić information content (AvgIpc) is 2.25. The van der Waals surface area contributed by atoms with Gasteiger partial charge in [-0.2, -0.15) is 0 Å². The quantitative estimate of drug-likeness (QED) is 0.830. The van der Waals surface area contributed by atoms with E-state index >= 15 is 0 Å². The Morgan fingerprint density at radius 1 is 1.47 bits per heavy atom. The monoisotopic (exact) mass is 268 g/mol. The molecule has 15 heavy (non-hydrogen) atoms. The first-order valence-electron chi connectivity index (χ1n) is 4.91. The van der Waals surface area contributed by atoms with Gasteiger partial charge in [-0.1, -0.05) is 28.1 Å². The van der Waals surface area contributed by atoms with Crippen molar-refractivity contribution in [3.63, 3.8) is 0 Å². The summed E-state index contributed by atoms with van der Waals surface area (Å²) in [6.45, 7) is 2.68. The molecule has 0 radical (unpaired) electrons. The number of amides is 1. The van der Waals surface area contributed by atoms with E-state index in [1.807, 2.05) is 31.2 Å². The van der Waals surface area contributed by atoms with Crippen LogP contribution in [0.5, 0.6) is 0 Å². The highest BCUT2D eigenvalue weighted by Gasteiger charge is 2.36. The van der Waals surface area contributed by atoms with E-state index in [9.17, 15) is 4.79 Å². The minimum absolute atomic E-state index is 0.0467. The zero-order chi connectivity index (χ0) is 11.0. The summed E-state index contributed by atoms with van der Waals surface area (Å²) >= 11 is 3.38. The zero-order valence-electron chi connectivity index (χ0n) is 8.48. The predicted molar refractivity (Wildman–Crippen MR) is 62.2 cm³/mol. The van der Waals surface area contributed by atoms with Crippen molar-refractivity contribution in [2.24, 2.45) is 5.73 Å². The van der Waals surface area contributed by atoms with Crippen LogP contribution in [-0.4, -0.2) is 23.4 Å². The van der Waals surface area contributed by atoms with Crippen molar-refractivity contribution in [1.29, 1.82) is 0 Å². The molecule has 0 saturated carbocycles. The summed E-state index contributed by atoms with van der Waals surface area (Å²) in [5.41, 5.74) is 6.69. The molecule has 80 valence electrons. The van der Waals surface area contributed by atoms with Crippen molar-refractivity contribution < 1.29 is 4.79 Å². The third-order valence-electron chi connectivity index (χ3n) is 2.81. The fraction of sp³-hybridized carbons (Fsp3) is 0.364. The van der Waals surface area contributed by atoms with Gasteiger partial charge in [0.15, 0.2) is 0 Å². The fourth-order valence-electron chi connectivity index (χ4n) is 1.75. The Kier molecular flexibility index (Phi) is 2.80. The Hall–Kier alpha value is -0.870. The van der Waals surface area contributed by atoms with Crippen LogP contribution in [0.2, 0.25) is 0 Å². The van der Waals surface area contributed by atoms with Crippen molar-refractivity contribution in [2.75, 3.05) is 6.54 Å². The minimum atomic E-state index is -0.289. The van der Waals surface area contributed by atoms with Crippen LogP contribution in [0.4, 0.5) is 0 Å². The maximum atomic E-state index is 11.4. The molecule has 2 unspecified atom stereocenters. The number of nitrogens with two attached hydrogens (primary N) is 1. The molecule has 4 heteroatoms. The van der Waals surface area contributed by atoms with Gasteiger partial charge >= 0.3 is 0 Å². The van der Waals surface area contributed by atoms with Crippen molar-refractivity contribution in [2.45, 2.75) is 19.0 Å². The lowest BCUT2D eigenvalue weighted by Crippen LogP contribution is -2.61. The molecule has 2 N–H and O–H groups in total. The van der Waals surface area contributed by atoms with Gasteiger partial charge in [0.05, 0.1) is 6.04 Å². The lowest BCUT2D eigenvalue weighted by molar-refractivity contribution is -0.145. The van der Waals surface area contributed by atoms with Gasteiger partial charge in [0.1, 0.15) is 6.04 Å². The first-order chi connectivity index (χ1) is 7.09. The summed E-state index contributed by atoms with van der Waals surface area (Å²) in [6.07, 6.45) is 0. The molecule has 0 bridgehead atoms. The topological polar surface area (TPSA) is 46.3 Å².